The highest BCUT2D eigenvalue weighted by molar-refractivity contribution is 6.32. The highest BCUT2D eigenvalue weighted by Gasteiger charge is 2.10. The van der Waals surface area contributed by atoms with Gasteiger partial charge in [-0.1, -0.05) is 43.9 Å². The standard InChI is InChI=1S/C14H22ClNO/c1-4-5-6-7-13(16-2)11-8-9-14(17-3)12(15)10-11/h8-10,13,16H,4-7H2,1-3H3. The molecule has 0 aliphatic carbocycles. The van der Waals surface area contributed by atoms with Crippen molar-refractivity contribution in [2.24, 2.45) is 0 Å². The molecule has 0 bridgehead atoms. The summed E-state index contributed by atoms with van der Waals surface area (Å²) in [7, 11) is 3.63. The molecule has 0 saturated carbocycles. The van der Waals surface area contributed by atoms with Crippen molar-refractivity contribution in [1.29, 1.82) is 0 Å². The maximum atomic E-state index is 6.14. The molecule has 2 nitrogen and oxygen atoms in total. The molecule has 0 fully saturated rings. The van der Waals surface area contributed by atoms with Gasteiger partial charge in [0.05, 0.1) is 12.1 Å². The van der Waals surface area contributed by atoms with Crippen molar-refractivity contribution in [1.82, 2.24) is 5.32 Å². The van der Waals surface area contributed by atoms with E-state index in [4.69, 9.17) is 16.3 Å². The van der Waals surface area contributed by atoms with Crippen molar-refractivity contribution in [2.45, 2.75) is 38.6 Å². The molecule has 0 aliphatic rings. The number of unbranched alkanes of at least 4 members (excludes halogenated alkanes) is 2. The fourth-order valence-electron chi connectivity index (χ4n) is 1.98. The van der Waals surface area contributed by atoms with Gasteiger partial charge in [-0.05, 0) is 31.2 Å². The van der Waals surface area contributed by atoms with Crippen LogP contribution in [0.3, 0.4) is 0 Å². The summed E-state index contributed by atoms with van der Waals surface area (Å²) in [6, 6.07) is 6.39. The van der Waals surface area contributed by atoms with Gasteiger partial charge < -0.3 is 10.1 Å². The molecule has 1 rings (SSSR count). The number of methoxy groups -OCH3 is 1. The van der Waals surface area contributed by atoms with Crippen molar-refractivity contribution in [3.05, 3.63) is 28.8 Å². The van der Waals surface area contributed by atoms with Crippen molar-refractivity contribution in [2.75, 3.05) is 14.2 Å². The van der Waals surface area contributed by atoms with E-state index < -0.39 is 0 Å². The van der Waals surface area contributed by atoms with Gasteiger partial charge in [0.1, 0.15) is 5.75 Å². The van der Waals surface area contributed by atoms with E-state index in [-0.39, 0.29) is 0 Å². The zero-order valence-electron chi connectivity index (χ0n) is 10.9. The highest BCUT2D eigenvalue weighted by atomic mass is 35.5. The van der Waals surface area contributed by atoms with Crippen molar-refractivity contribution in [3.63, 3.8) is 0 Å². The Balaban J connectivity index is 2.71. The molecular weight excluding hydrogens is 234 g/mol. The smallest absolute Gasteiger partial charge is 0.137 e. The normalized spacial score (nSPS) is 12.5. The fourth-order valence-corrected chi connectivity index (χ4v) is 2.24. The van der Waals surface area contributed by atoms with E-state index in [0.717, 1.165) is 12.2 Å². The van der Waals surface area contributed by atoms with Crippen LogP contribution in [0.4, 0.5) is 0 Å². The molecule has 17 heavy (non-hydrogen) atoms. The average molecular weight is 256 g/mol. The summed E-state index contributed by atoms with van der Waals surface area (Å²) in [6.45, 7) is 2.22. The molecule has 1 atom stereocenters. The summed E-state index contributed by atoms with van der Waals surface area (Å²) >= 11 is 6.14. The van der Waals surface area contributed by atoms with Crippen molar-refractivity contribution < 1.29 is 4.74 Å². The van der Waals surface area contributed by atoms with E-state index in [0.29, 0.717) is 11.1 Å². The lowest BCUT2D eigenvalue weighted by atomic mass is 10.0. The Morgan fingerprint density at radius 3 is 2.65 bits per heavy atom. The first-order valence-electron chi connectivity index (χ1n) is 6.23. The maximum absolute atomic E-state index is 6.14. The number of hydrogen-bond acceptors (Lipinski definition) is 2. The minimum Gasteiger partial charge on any atom is -0.495 e. The van der Waals surface area contributed by atoms with Gasteiger partial charge in [-0.15, -0.1) is 0 Å². The Hall–Kier alpha value is -0.730. The zero-order valence-corrected chi connectivity index (χ0v) is 11.7. The van der Waals surface area contributed by atoms with Crippen molar-refractivity contribution >= 4 is 11.6 Å². The molecule has 0 aromatic heterocycles. The summed E-state index contributed by atoms with van der Waals surface area (Å²) < 4.78 is 5.16. The van der Waals surface area contributed by atoms with Gasteiger partial charge in [0.25, 0.3) is 0 Å². The Morgan fingerprint density at radius 1 is 1.35 bits per heavy atom. The van der Waals surface area contributed by atoms with Crippen LogP contribution in [0.5, 0.6) is 5.75 Å². The molecule has 3 heteroatoms. The van der Waals surface area contributed by atoms with Crippen molar-refractivity contribution in [3.8, 4) is 5.75 Å². The Kier molecular flexibility index (Phi) is 6.38. The van der Waals surface area contributed by atoms with Gasteiger partial charge >= 0.3 is 0 Å². The molecule has 0 saturated heterocycles. The second-order valence-electron chi connectivity index (χ2n) is 4.23. The van der Waals surface area contributed by atoms with E-state index >= 15 is 0 Å². The molecule has 96 valence electrons. The number of nitrogens with one attached hydrogen (secondary N) is 1. The Morgan fingerprint density at radius 2 is 2.12 bits per heavy atom. The molecule has 0 radical (unpaired) electrons. The van der Waals surface area contributed by atoms with Gasteiger partial charge in [-0.3, -0.25) is 0 Å². The SMILES string of the molecule is CCCCCC(NC)c1ccc(OC)c(Cl)c1. The van der Waals surface area contributed by atoms with Crippen LogP contribution in [0.1, 0.15) is 44.2 Å². The number of benzene rings is 1. The average Bonchev–Trinajstić information content (AvgIpc) is 2.35. The quantitative estimate of drug-likeness (QED) is 0.738. The lowest BCUT2D eigenvalue weighted by Gasteiger charge is -2.17. The van der Waals surface area contributed by atoms with Gasteiger partial charge in [0.2, 0.25) is 0 Å². The van der Waals surface area contributed by atoms with E-state index in [1.54, 1.807) is 7.11 Å². The third kappa shape index (κ3) is 4.21. The van der Waals surface area contributed by atoms with Gasteiger partial charge in [-0.2, -0.15) is 0 Å². The van der Waals surface area contributed by atoms with Gasteiger partial charge in [0, 0.05) is 6.04 Å². The van der Waals surface area contributed by atoms with Gasteiger partial charge in [-0.25, -0.2) is 0 Å². The number of rotatable bonds is 7. The molecular formula is C14H22ClNO. The second kappa shape index (κ2) is 7.57. The highest BCUT2D eigenvalue weighted by Crippen LogP contribution is 2.29. The van der Waals surface area contributed by atoms with E-state index in [1.165, 1.54) is 24.8 Å². The first kappa shape index (κ1) is 14.3. The monoisotopic (exact) mass is 255 g/mol. The summed E-state index contributed by atoms with van der Waals surface area (Å²) in [4.78, 5) is 0. The molecule has 0 aliphatic heterocycles. The molecule has 0 spiro atoms. The van der Waals surface area contributed by atoms with E-state index in [9.17, 15) is 0 Å². The first-order chi connectivity index (χ1) is 8.22. The van der Waals surface area contributed by atoms with Crippen LogP contribution < -0.4 is 10.1 Å². The van der Waals surface area contributed by atoms with E-state index in [2.05, 4.69) is 18.3 Å². The van der Waals surface area contributed by atoms with Crippen LogP contribution in [0.15, 0.2) is 18.2 Å². The van der Waals surface area contributed by atoms with Crippen LogP contribution in [-0.4, -0.2) is 14.2 Å². The lowest BCUT2D eigenvalue weighted by Crippen LogP contribution is -2.16. The maximum Gasteiger partial charge on any atom is 0.137 e. The summed E-state index contributed by atoms with van der Waals surface area (Å²) in [6.07, 6.45) is 4.92. The molecule has 1 unspecified atom stereocenters. The molecule has 1 aromatic rings. The lowest BCUT2D eigenvalue weighted by molar-refractivity contribution is 0.414. The zero-order chi connectivity index (χ0) is 12.7. The van der Waals surface area contributed by atoms with E-state index in [1.807, 2.05) is 19.2 Å². The summed E-state index contributed by atoms with van der Waals surface area (Å²) in [5, 5.41) is 4.02. The topological polar surface area (TPSA) is 21.3 Å². The molecule has 1 N–H and O–H groups in total. The largest absolute Gasteiger partial charge is 0.495 e. The minimum atomic E-state index is 0.380. The Labute approximate surface area is 109 Å². The molecule has 0 amide bonds. The van der Waals surface area contributed by atoms with Crippen LogP contribution in [0.2, 0.25) is 5.02 Å². The number of halogens is 1. The van der Waals surface area contributed by atoms with Gasteiger partial charge in [0.15, 0.2) is 0 Å². The number of ether oxygens (including phenoxy) is 1. The molecule has 0 heterocycles. The second-order valence-corrected chi connectivity index (χ2v) is 4.64. The minimum absolute atomic E-state index is 0.380. The first-order valence-corrected chi connectivity index (χ1v) is 6.61. The number of hydrogen-bond donors (Lipinski definition) is 1. The van der Waals surface area contributed by atoms with Crippen LogP contribution >= 0.6 is 11.6 Å². The van der Waals surface area contributed by atoms with Crippen LogP contribution in [0, 0.1) is 0 Å². The summed E-state index contributed by atoms with van der Waals surface area (Å²) in [5.41, 5.74) is 1.23. The predicted octanol–water partition coefficient (Wildman–Crippen LogP) is 4.19. The van der Waals surface area contributed by atoms with Crippen LogP contribution in [0.25, 0.3) is 0 Å². The predicted molar refractivity (Wildman–Crippen MR) is 73.9 cm³/mol. The third-order valence-electron chi connectivity index (χ3n) is 3.02. The molecule has 1 aromatic carbocycles. The fraction of sp³-hybridized carbons (Fsp3) is 0.571. The third-order valence-corrected chi connectivity index (χ3v) is 3.32. The Bertz CT molecular complexity index is 341. The van der Waals surface area contributed by atoms with Crippen LogP contribution in [-0.2, 0) is 0 Å². The summed E-state index contributed by atoms with van der Waals surface area (Å²) in [5.74, 6) is 0.735.